The molecule has 0 spiro atoms. The van der Waals surface area contributed by atoms with Crippen molar-refractivity contribution in [3.8, 4) is 5.88 Å². The number of carbonyl (C=O) groups excluding carboxylic acids is 1. The van der Waals surface area contributed by atoms with Gasteiger partial charge in [0.15, 0.2) is 0 Å². The van der Waals surface area contributed by atoms with E-state index in [0.717, 1.165) is 25.9 Å². The van der Waals surface area contributed by atoms with Gasteiger partial charge >= 0.3 is 12.1 Å². The summed E-state index contributed by atoms with van der Waals surface area (Å²) >= 11 is 0. The Morgan fingerprint density at radius 1 is 1.32 bits per heavy atom. The van der Waals surface area contributed by atoms with E-state index in [-0.39, 0.29) is 11.3 Å². The van der Waals surface area contributed by atoms with E-state index in [1.54, 1.807) is 16.9 Å². The monoisotopic (exact) mass is 440 g/mol. The number of halogens is 3. The normalized spacial score (nSPS) is 22.5. The van der Waals surface area contributed by atoms with Gasteiger partial charge in [-0.3, -0.25) is 9.48 Å². The summed E-state index contributed by atoms with van der Waals surface area (Å²) in [6.07, 6.45) is 1.95. The Bertz CT molecular complexity index is 919. The molecule has 2 fully saturated rings. The average molecular weight is 440 g/mol. The van der Waals surface area contributed by atoms with Gasteiger partial charge in [-0.05, 0) is 30.9 Å². The number of carboxylic acid groups (broad SMARTS) is 1. The Morgan fingerprint density at radius 3 is 2.65 bits per heavy atom. The summed E-state index contributed by atoms with van der Waals surface area (Å²) in [5.41, 5.74) is 0.584. The lowest BCUT2D eigenvalue weighted by molar-refractivity contribution is -0.192. The predicted octanol–water partition coefficient (Wildman–Crippen LogP) is 2.77. The van der Waals surface area contributed by atoms with Crippen molar-refractivity contribution in [2.45, 2.75) is 25.4 Å². The van der Waals surface area contributed by atoms with Crippen LogP contribution >= 0.6 is 0 Å². The molecule has 31 heavy (non-hydrogen) atoms. The van der Waals surface area contributed by atoms with Gasteiger partial charge in [0.05, 0.1) is 6.61 Å². The minimum atomic E-state index is -5.08. The molecule has 2 aromatic heterocycles. The van der Waals surface area contributed by atoms with Crippen LogP contribution in [0.2, 0.25) is 0 Å². The number of alkyl halides is 3. The molecule has 0 bridgehead atoms. The molecule has 3 heterocycles. The number of rotatable bonds is 4. The largest absolute Gasteiger partial charge is 0.490 e. The number of carbonyl (C=O) groups is 2. The molecule has 0 unspecified atom stereocenters. The first-order valence-electron chi connectivity index (χ1n) is 9.74. The Hall–Kier alpha value is -3.11. The number of likely N-dealkylation sites (tertiary alicyclic amines) is 1. The maximum absolute atomic E-state index is 12.7. The van der Waals surface area contributed by atoms with Crippen molar-refractivity contribution in [3.63, 3.8) is 0 Å². The molecule has 168 valence electrons. The average Bonchev–Trinajstić information content (AvgIpc) is 3.40. The number of carboxylic acids is 1. The van der Waals surface area contributed by atoms with E-state index in [2.05, 4.69) is 10.1 Å². The van der Waals surface area contributed by atoms with Crippen molar-refractivity contribution in [1.82, 2.24) is 19.7 Å². The van der Waals surface area contributed by atoms with E-state index in [4.69, 9.17) is 14.6 Å². The topological polar surface area (TPSA) is 97.5 Å². The second kappa shape index (κ2) is 8.94. The number of nitrogens with zero attached hydrogens (tertiary/aromatic N) is 4. The molecule has 1 amide bonds. The fourth-order valence-electron chi connectivity index (χ4n) is 4.15. The van der Waals surface area contributed by atoms with Gasteiger partial charge in [0.25, 0.3) is 5.91 Å². The zero-order valence-corrected chi connectivity index (χ0v) is 16.9. The van der Waals surface area contributed by atoms with Crippen molar-refractivity contribution in [2.24, 2.45) is 18.4 Å². The highest BCUT2D eigenvalue weighted by molar-refractivity contribution is 5.92. The predicted molar refractivity (Wildman–Crippen MR) is 102 cm³/mol. The molecule has 2 atom stereocenters. The molecular formula is C20H23F3N4O4. The lowest BCUT2D eigenvalue weighted by atomic mass is 9.81. The minimum absolute atomic E-state index is 0.0298. The first kappa shape index (κ1) is 22.6. The number of aromatic nitrogens is 3. The van der Waals surface area contributed by atoms with Crippen LogP contribution in [-0.2, 0) is 11.8 Å². The van der Waals surface area contributed by atoms with Gasteiger partial charge < -0.3 is 14.7 Å². The summed E-state index contributed by atoms with van der Waals surface area (Å²) in [6.45, 7) is 2.18. The van der Waals surface area contributed by atoms with Crippen LogP contribution in [0.4, 0.5) is 13.2 Å². The Labute approximate surface area is 176 Å². The van der Waals surface area contributed by atoms with Crippen molar-refractivity contribution < 1.29 is 32.6 Å². The fraction of sp³-hybridized carbons (Fsp3) is 0.500. The van der Waals surface area contributed by atoms with E-state index in [0.29, 0.717) is 24.1 Å². The van der Waals surface area contributed by atoms with Gasteiger partial charge in [-0.1, -0.05) is 12.5 Å². The summed E-state index contributed by atoms with van der Waals surface area (Å²) in [7, 11) is 1.83. The van der Waals surface area contributed by atoms with Crippen LogP contribution in [0, 0.1) is 11.3 Å². The lowest BCUT2D eigenvalue weighted by Crippen LogP contribution is -2.36. The lowest BCUT2D eigenvalue weighted by Gasteiger charge is -2.28. The molecule has 8 nitrogen and oxygen atoms in total. The van der Waals surface area contributed by atoms with Gasteiger partial charge in [-0.15, -0.1) is 0 Å². The highest BCUT2D eigenvalue weighted by Gasteiger charge is 2.51. The van der Waals surface area contributed by atoms with Gasteiger partial charge in [-0.2, -0.15) is 18.3 Å². The van der Waals surface area contributed by atoms with E-state index in [1.807, 2.05) is 36.3 Å². The van der Waals surface area contributed by atoms with Gasteiger partial charge in [0.2, 0.25) is 5.88 Å². The molecule has 1 N–H and O–H groups in total. The number of pyridine rings is 1. The van der Waals surface area contributed by atoms with Crippen molar-refractivity contribution in [1.29, 1.82) is 0 Å². The minimum Gasteiger partial charge on any atom is -0.477 e. The summed E-state index contributed by atoms with van der Waals surface area (Å²) in [6, 6.07) is 7.48. The van der Waals surface area contributed by atoms with E-state index in [9.17, 15) is 18.0 Å². The van der Waals surface area contributed by atoms with E-state index >= 15 is 0 Å². The summed E-state index contributed by atoms with van der Waals surface area (Å²) in [4.78, 5) is 27.8. The molecule has 1 saturated heterocycles. The molecule has 4 rings (SSSR count). The number of aliphatic carboxylic acids is 1. The number of hydrogen-bond donors (Lipinski definition) is 1. The molecule has 1 saturated carbocycles. The Kier molecular flexibility index (Phi) is 6.51. The molecule has 2 aromatic rings. The van der Waals surface area contributed by atoms with Crippen molar-refractivity contribution >= 4 is 11.9 Å². The van der Waals surface area contributed by atoms with Crippen LogP contribution < -0.4 is 4.74 Å². The van der Waals surface area contributed by atoms with Crippen LogP contribution in [0.3, 0.4) is 0 Å². The second-order valence-corrected chi connectivity index (χ2v) is 7.77. The highest BCUT2D eigenvalue weighted by atomic mass is 19.4. The third-order valence-electron chi connectivity index (χ3n) is 5.65. The molecular weight excluding hydrogens is 417 g/mol. The molecule has 0 aromatic carbocycles. The van der Waals surface area contributed by atoms with E-state index < -0.39 is 12.1 Å². The molecule has 1 aliphatic carbocycles. The Morgan fingerprint density at radius 2 is 2.06 bits per heavy atom. The molecule has 0 radical (unpaired) electrons. The molecule has 1 aliphatic heterocycles. The number of aryl methyl sites for hydroxylation is 1. The van der Waals surface area contributed by atoms with Gasteiger partial charge in [0, 0.05) is 44.0 Å². The standard InChI is InChI=1S/C18H22N4O2.C2HF3O2/c1-21-10-7-15(20-21)17(23)22-11-14-5-4-8-18(14,12-22)13-24-16-6-2-3-9-19-16;3-2(4,5)1(6)7/h2-3,6-7,9-10,14H,4-5,8,11-13H2,1H3;(H,6,7)/t14-,18+;/m1./s1. The van der Waals surface area contributed by atoms with Crippen LogP contribution in [-0.4, -0.2) is 62.5 Å². The number of hydrogen-bond acceptors (Lipinski definition) is 5. The van der Waals surface area contributed by atoms with Crippen LogP contribution in [0.1, 0.15) is 29.8 Å². The summed E-state index contributed by atoms with van der Waals surface area (Å²) in [5.74, 6) is -1.56. The smallest absolute Gasteiger partial charge is 0.477 e. The van der Waals surface area contributed by atoms with Gasteiger partial charge in [0.1, 0.15) is 5.69 Å². The first-order chi connectivity index (χ1) is 14.6. The SMILES string of the molecule is Cn1ccc(C(=O)N2C[C@H]3CCC[C@@]3(COc3ccccn3)C2)n1.O=C(O)C(F)(F)F. The number of fused-ring (bicyclic) bond motifs is 1. The second-order valence-electron chi connectivity index (χ2n) is 7.77. The van der Waals surface area contributed by atoms with Gasteiger partial charge in [-0.25, -0.2) is 9.78 Å². The zero-order chi connectivity index (χ0) is 22.6. The third-order valence-corrected chi connectivity index (χ3v) is 5.65. The molecule has 2 aliphatic rings. The fourth-order valence-corrected chi connectivity index (χ4v) is 4.15. The summed E-state index contributed by atoms with van der Waals surface area (Å²) < 4.78 is 39.4. The summed E-state index contributed by atoms with van der Waals surface area (Å²) in [5, 5.41) is 11.4. The Balaban J connectivity index is 0.000000339. The maximum Gasteiger partial charge on any atom is 0.490 e. The van der Waals surface area contributed by atoms with Crippen LogP contribution in [0.5, 0.6) is 5.88 Å². The van der Waals surface area contributed by atoms with Crippen LogP contribution in [0.15, 0.2) is 36.7 Å². The van der Waals surface area contributed by atoms with Crippen molar-refractivity contribution in [2.75, 3.05) is 19.7 Å². The third kappa shape index (κ3) is 5.33. The number of ether oxygens (including phenoxy) is 1. The molecule has 11 heteroatoms. The highest BCUT2D eigenvalue weighted by Crippen LogP contribution is 2.49. The zero-order valence-electron chi connectivity index (χ0n) is 16.9. The van der Waals surface area contributed by atoms with E-state index in [1.165, 1.54) is 6.42 Å². The van der Waals surface area contributed by atoms with Crippen molar-refractivity contribution in [3.05, 3.63) is 42.4 Å². The number of amides is 1. The first-order valence-corrected chi connectivity index (χ1v) is 9.74. The maximum atomic E-state index is 12.7. The quantitative estimate of drug-likeness (QED) is 0.785. The van der Waals surface area contributed by atoms with Crippen LogP contribution in [0.25, 0.3) is 0 Å².